The van der Waals surface area contributed by atoms with E-state index in [0.717, 1.165) is 25.5 Å². The molecule has 3 heteroatoms. The Kier molecular flexibility index (Phi) is 3.74. The second-order valence-electron chi connectivity index (χ2n) is 3.28. The average Bonchev–Trinajstić information content (AvgIpc) is 2.36. The van der Waals surface area contributed by atoms with Crippen LogP contribution in [0.1, 0.15) is 19.3 Å². The highest BCUT2D eigenvalue weighted by Gasteiger charge is 2.30. The van der Waals surface area contributed by atoms with E-state index in [1.807, 2.05) is 7.05 Å². The molecule has 0 aromatic rings. The van der Waals surface area contributed by atoms with Crippen LogP contribution in [0.3, 0.4) is 0 Å². The van der Waals surface area contributed by atoms with Gasteiger partial charge in [-0.1, -0.05) is 7.92 Å². The minimum absolute atomic E-state index is 0.107. The summed E-state index contributed by atoms with van der Waals surface area (Å²) in [5.41, 5.74) is 0.387. The molecule has 1 nitrogen and oxygen atoms in total. The summed E-state index contributed by atoms with van der Waals surface area (Å²) in [4.78, 5) is 0. The van der Waals surface area contributed by atoms with E-state index in [0.29, 0.717) is 5.66 Å². The maximum Gasteiger partial charge on any atom is 0.107 e. The van der Waals surface area contributed by atoms with Gasteiger partial charge in [0, 0.05) is 11.9 Å². The molecule has 3 unspecified atom stereocenters. The highest BCUT2D eigenvalue weighted by Crippen LogP contribution is 2.45. The zero-order valence-electron chi connectivity index (χ0n) is 7.31. The van der Waals surface area contributed by atoms with Crippen molar-refractivity contribution in [2.24, 2.45) is 0 Å². The Morgan fingerprint density at radius 2 is 2.27 bits per heavy atom. The Hall–Kier alpha value is 0.320. The largest absolute Gasteiger partial charge is 0.316 e. The van der Waals surface area contributed by atoms with Crippen molar-refractivity contribution < 1.29 is 4.39 Å². The second kappa shape index (κ2) is 4.37. The van der Waals surface area contributed by atoms with Crippen molar-refractivity contribution in [1.29, 1.82) is 0 Å². The molecular formula is C8H17FNP. The quantitative estimate of drug-likeness (QED) is 0.651. The fourth-order valence-corrected chi connectivity index (χ4v) is 3.82. The molecule has 0 saturated heterocycles. The molecule has 1 fully saturated rings. The molecule has 0 heterocycles. The Morgan fingerprint density at radius 3 is 2.73 bits per heavy atom. The van der Waals surface area contributed by atoms with Crippen LogP contribution in [0.2, 0.25) is 0 Å². The summed E-state index contributed by atoms with van der Waals surface area (Å²) in [7, 11) is 1.84. The normalized spacial score (nSPS) is 34.1. The lowest BCUT2D eigenvalue weighted by Gasteiger charge is -2.21. The summed E-state index contributed by atoms with van der Waals surface area (Å²) in [5.74, 6) is 0. The van der Waals surface area contributed by atoms with E-state index in [1.54, 1.807) is 0 Å². The predicted molar refractivity (Wildman–Crippen MR) is 49.3 cm³/mol. The monoisotopic (exact) mass is 177 g/mol. The van der Waals surface area contributed by atoms with Gasteiger partial charge in [0.2, 0.25) is 0 Å². The molecule has 0 aromatic carbocycles. The molecule has 66 valence electrons. The fraction of sp³-hybridized carbons (Fsp3) is 1.00. The molecule has 1 rings (SSSR count). The molecule has 1 aliphatic carbocycles. The van der Waals surface area contributed by atoms with Gasteiger partial charge in [-0.25, -0.2) is 4.39 Å². The summed E-state index contributed by atoms with van der Waals surface area (Å²) in [6, 6.07) is 0. The standard InChI is InChI=1S/C8H17FNP/c1-10-6-11(2)8-5-3-4-7(8)9/h7-8,10H,3-6H2,1-2H3. The summed E-state index contributed by atoms with van der Waals surface area (Å²) >= 11 is 0. The van der Waals surface area contributed by atoms with Gasteiger partial charge in [-0.2, -0.15) is 0 Å². The highest BCUT2D eigenvalue weighted by molar-refractivity contribution is 7.57. The van der Waals surface area contributed by atoms with E-state index < -0.39 is 6.17 Å². The molecule has 0 aromatic heterocycles. The molecule has 1 N–H and O–H groups in total. The van der Waals surface area contributed by atoms with E-state index in [9.17, 15) is 4.39 Å². The molecule has 1 saturated carbocycles. The van der Waals surface area contributed by atoms with Crippen LogP contribution in [0.5, 0.6) is 0 Å². The van der Waals surface area contributed by atoms with Crippen molar-refractivity contribution in [2.75, 3.05) is 20.0 Å². The van der Waals surface area contributed by atoms with Crippen LogP contribution in [-0.4, -0.2) is 31.8 Å². The molecule has 0 amide bonds. The third-order valence-electron chi connectivity index (χ3n) is 2.37. The first-order chi connectivity index (χ1) is 5.25. The van der Waals surface area contributed by atoms with Crippen LogP contribution in [-0.2, 0) is 0 Å². The minimum atomic E-state index is -0.500. The molecule has 0 bridgehead atoms. The van der Waals surface area contributed by atoms with Gasteiger partial charge >= 0.3 is 0 Å². The summed E-state index contributed by atoms with van der Waals surface area (Å²) in [6.07, 6.45) is 3.54. The Balaban J connectivity index is 2.33. The molecule has 0 radical (unpaired) electrons. The lowest BCUT2D eigenvalue weighted by molar-refractivity contribution is 0.347. The van der Waals surface area contributed by atoms with Crippen molar-refractivity contribution in [1.82, 2.24) is 5.32 Å². The van der Waals surface area contributed by atoms with Gasteiger partial charge in [0.1, 0.15) is 6.17 Å². The number of hydrogen-bond donors (Lipinski definition) is 1. The third kappa shape index (κ3) is 2.38. The Labute approximate surface area is 69.5 Å². The maximum absolute atomic E-state index is 13.2. The van der Waals surface area contributed by atoms with Gasteiger partial charge in [-0.3, -0.25) is 0 Å². The van der Waals surface area contributed by atoms with Crippen LogP contribution in [0.15, 0.2) is 0 Å². The van der Waals surface area contributed by atoms with Crippen molar-refractivity contribution in [3.05, 3.63) is 0 Å². The van der Waals surface area contributed by atoms with Gasteiger partial charge in [0.25, 0.3) is 0 Å². The molecular weight excluding hydrogens is 160 g/mol. The van der Waals surface area contributed by atoms with Crippen molar-refractivity contribution >= 4 is 7.92 Å². The van der Waals surface area contributed by atoms with Gasteiger partial charge < -0.3 is 5.32 Å². The number of nitrogens with one attached hydrogen (secondary N) is 1. The zero-order valence-corrected chi connectivity index (χ0v) is 8.20. The molecule has 11 heavy (non-hydrogen) atoms. The molecule has 0 spiro atoms. The van der Waals surface area contributed by atoms with E-state index in [4.69, 9.17) is 0 Å². The summed E-state index contributed by atoms with van der Waals surface area (Å²) in [6.45, 7) is 2.20. The lowest BCUT2D eigenvalue weighted by atomic mass is 10.3. The number of alkyl halides is 1. The first-order valence-corrected chi connectivity index (χ1v) is 6.29. The summed E-state index contributed by atoms with van der Waals surface area (Å²) in [5, 5.41) is 3.13. The highest BCUT2D eigenvalue weighted by atomic mass is 31.1. The molecule has 0 aliphatic heterocycles. The lowest BCUT2D eigenvalue weighted by Crippen LogP contribution is -2.18. The van der Waals surface area contributed by atoms with Crippen molar-refractivity contribution in [3.63, 3.8) is 0 Å². The molecule has 3 atom stereocenters. The van der Waals surface area contributed by atoms with Crippen LogP contribution >= 0.6 is 7.92 Å². The van der Waals surface area contributed by atoms with Gasteiger partial charge in [0.15, 0.2) is 0 Å². The van der Waals surface area contributed by atoms with Gasteiger partial charge in [0.05, 0.1) is 0 Å². The zero-order chi connectivity index (χ0) is 8.27. The third-order valence-corrected chi connectivity index (χ3v) is 4.90. The number of hydrogen-bond acceptors (Lipinski definition) is 1. The van der Waals surface area contributed by atoms with E-state index >= 15 is 0 Å². The first kappa shape index (κ1) is 9.41. The van der Waals surface area contributed by atoms with Crippen molar-refractivity contribution in [2.45, 2.75) is 31.1 Å². The van der Waals surface area contributed by atoms with Crippen LogP contribution in [0, 0.1) is 0 Å². The SMILES string of the molecule is CNCP(C)C1CCCC1F. The first-order valence-electron chi connectivity index (χ1n) is 4.24. The van der Waals surface area contributed by atoms with Crippen LogP contribution < -0.4 is 5.32 Å². The van der Waals surface area contributed by atoms with Gasteiger partial charge in [-0.05, 0) is 33.0 Å². The van der Waals surface area contributed by atoms with E-state index in [-0.39, 0.29) is 7.92 Å². The van der Waals surface area contributed by atoms with Crippen LogP contribution in [0.25, 0.3) is 0 Å². The topological polar surface area (TPSA) is 12.0 Å². The fourth-order valence-electron chi connectivity index (χ4n) is 1.76. The average molecular weight is 177 g/mol. The van der Waals surface area contributed by atoms with E-state index in [1.165, 1.54) is 0 Å². The Bertz CT molecular complexity index is 121. The Morgan fingerprint density at radius 1 is 1.55 bits per heavy atom. The summed E-state index contributed by atoms with van der Waals surface area (Å²) < 4.78 is 13.2. The van der Waals surface area contributed by atoms with E-state index in [2.05, 4.69) is 12.0 Å². The number of rotatable bonds is 3. The van der Waals surface area contributed by atoms with Crippen molar-refractivity contribution in [3.8, 4) is 0 Å². The molecule has 1 aliphatic rings. The predicted octanol–water partition coefficient (Wildman–Crippen LogP) is 2.17. The number of halogens is 1. The minimum Gasteiger partial charge on any atom is -0.316 e. The van der Waals surface area contributed by atoms with Crippen LogP contribution in [0.4, 0.5) is 4.39 Å². The maximum atomic E-state index is 13.2. The van der Waals surface area contributed by atoms with Gasteiger partial charge in [-0.15, -0.1) is 0 Å². The smallest absolute Gasteiger partial charge is 0.107 e. The second-order valence-corrected chi connectivity index (χ2v) is 5.78.